The van der Waals surface area contributed by atoms with Gasteiger partial charge in [-0.25, -0.2) is 9.59 Å². The Morgan fingerprint density at radius 2 is 1.87 bits per heavy atom. The molecule has 0 aliphatic carbocycles. The minimum Gasteiger partial charge on any atom is -0.493 e. The molecule has 46 heavy (non-hydrogen) atoms. The first-order valence-electron chi connectivity index (χ1n) is 14.4. The van der Waals surface area contributed by atoms with Crippen molar-refractivity contribution < 1.29 is 38.4 Å². The molecule has 4 N–H and O–H groups in total. The van der Waals surface area contributed by atoms with Gasteiger partial charge >= 0.3 is 12.0 Å². The third-order valence-corrected chi connectivity index (χ3v) is 7.63. The molecule has 244 valence electrons. The lowest BCUT2D eigenvalue weighted by molar-refractivity contribution is -0.136. The molecule has 0 saturated carbocycles. The highest BCUT2D eigenvalue weighted by molar-refractivity contribution is 14.1. The number of hydrogen-bond donors (Lipinski definition) is 4. The van der Waals surface area contributed by atoms with Gasteiger partial charge in [0.15, 0.2) is 29.2 Å². The number of nitrogens with zero attached hydrogens (tertiary/aromatic N) is 1. The lowest BCUT2D eigenvalue weighted by atomic mass is 9.95. The molecule has 2 amide bonds. The van der Waals surface area contributed by atoms with E-state index in [1.165, 1.54) is 7.11 Å². The summed E-state index contributed by atoms with van der Waals surface area (Å²) >= 11 is 2.19. The van der Waals surface area contributed by atoms with Crippen molar-refractivity contribution in [2.45, 2.75) is 39.6 Å². The van der Waals surface area contributed by atoms with E-state index in [4.69, 9.17) is 23.7 Å². The average molecular weight is 745 g/mol. The van der Waals surface area contributed by atoms with Crippen molar-refractivity contribution in [2.75, 3.05) is 27.4 Å². The Hall–Kier alpha value is -4.50. The van der Waals surface area contributed by atoms with E-state index in [1.54, 1.807) is 44.5 Å². The van der Waals surface area contributed by atoms with Gasteiger partial charge in [-0.1, -0.05) is 35.9 Å². The number of hydrazone groups is 1. The lowest BCUT2D eigenvalue weighted by Crippen LogP contribution is -2.45. The summed E-state index contributed by atoms with van der Waals surface area (Å²) in [6.07, 6.45) is 0.406. The molecule has 0 aromatic heterocycles. The fourth-order valence-electron chi connectivity index (χ4n) is 4.73. The number of nitrogens with one attached hydrogen (secondary N) is 3. The first kappa shape index (κ1) is 34.4. The van der Waals surface area contributed by atoms with Crippen LogP contribution >= 0.6 is 22.6 Å². The van der Waals surface area contributed by atoms with Gasteiger partial charge in [0.05, 0.1) is 42.2 Å². The number of methoxy groups -OCH3 is 2. The van der Waals surface area contributed by atoms with Crippen LogP contribution in [0, 0.1) is 10.5 Å². The second kappa shape index (κ2) is 16.2. The van der Waals surface area contributed by atoms with Crippen LogP contribution in [0.1, 0.15) is 42.1 Å². The molecular weight excluding hydrogens is 707 g/mol. The van der Waals surface area contributed by atoms with Gasteiger partial charge in [-0.05, 0) is 84.3 Å². The number of aliphatic hydroxyl groups is 1. The minimum absolute atomic E-state index is 0.153. The number of urea groups is 1. The highest BCUT2D eigenvalue weighted by Crippen LogP contribution is 2.36. The Balaban J connectivity index is 1.39. The molecule has 0 bridgehead atoms. The van der Waals surface area contributed by atoms with Crippen molar-refractivity contribution in [3.63, 3.8) is 0 Å². The van der Waals surface area contributed by atoms with Gasteiger partial charge in [0, 0.05) is 5.70 Å². The summed E-state index contributed by atoms with van der Waals surface area (Å²) in [4.78, 5) is 24.6. The van der Waals surface area contributed by atoms with Gasteiger partial charge < -0.3 is 39.4 Å². The standard InChI is InChI=1S/C33H37IN4O8/c1-6-44-26-15-23(30-29(32(40)43-5)20(3)36-33(41)37-30)10-11-25(26)45-18-28(39)38-35-16-22-13-24(34)31(27(14-22)42-4)46-17-21-9-7-8-19(2)12-21/h7-16,28,30,38-39H,6,17-18H2,1-5H3,(H2,36,37,41)/b35-16-/t28-,30+/m0/s1. The Labute approximate surface area is 281 Å². The summed E-state index contributed by atoms with van der Waals surface area (Å²) in [7, 11) is 2.85. The molecule has 2 atom stereocenters. The van der Waals surface area contributed by atoms with Crippen molar-refractivity contribution in [2.24, 2.45) is 5.10 Å². The Morgan fingerprint density at radius 3 is 2.59 bits per heavy atom. The van der Waals surface area contributed by atoms with Gasteiger partial charge in [0.25, 0.3) is 0 Å². The molecule has 3 aromatic carbocycles. The van der Waals surface area contributed by atoms with Crippen LogP contribution in [0.5, 0.6) is 23.0 Å². The molecule has 3 aromatic rings. The van der Waals surface area contributed by atoms with Crippen LogP contribution in [0.25, 0.3) is 0 Å². The average Bonchev–Trinajstić information content (AvgIpc) is 3.03. The maximum Gasteiger partial charge on any atom is 0.337 e. The van der Waals surface area contributed by atoms with Crippen LogP contribution in [-0.2, 0) is 16.1 Å². The van der Waals surface area contributed by atoms with Crippen molar-refractivity contribution in [3.8, 4) is 23.0 Å². The summed E-state index contributed by atoms with van der Waals surface area (Å²) in [6.45, 7) is 6.07. The van der Waals surface area contributed by atoms with E-state index in [0.717, 1.165) is 20.3 Å². The molecule has 0 fully saturated rings. The van der Waals surface area contributed by atoms with Gasteiger partial charge in [-0.15, -0.1) is 0 Å². The molecule has 13 heteroatoms. The number of aryl methyl sites for hydroxylation is 1. The van der Waals surface area contributed by atoms with E-state index >= 15 is 0 Å². The number of benzene rings is 3. The van der Waals surface area contributed by atoms with Gasteiger partial charge in [0.1, 0.15) is 13.2 Å². The minimum atomic E-state index is -1.15. The SMILES string of the molecule is CCOc1cc([C@H]2NC(=O)NC(C)=C2C(=O)OC)ccc1OC[C@H](O)N/N=C\c1cc(I)c(OCc2cccc(C)c2)c(OC)c1. The summed E-state index contributed by atoms with van der Waals surface area (Å²) in [5, 5.41) is 20.0. The number of carbonyl (C=O) groups excluding carboxylic acids is 2. The first-order chi connectivity index (χ1) is 22.1. The van der Waals surface area contributed by atoms with E-state index in [0.29, 0.717) is 47.5 Å². The zero-order chi connectivity index (χ0) is 33.2. The van der Waals surface area contributed by atoms with Crippen LogP contribution in [0.3, 0.4) is 0 Å². The first-order valence-corrected chi connectivity index (χ1v) is 15.5. The number of esters is 1. The highest BCUT2D eigenvalue weighted by Gasteiger charge is 2.32. The number of ether oxygens (including phenoxy) is 5. The summed E-state index contributed by atoms with van der Waals surface area (Å²) in [5.74, 6) is 1.35. The predicted molar refractivity (Wildman–Crippen MR) is 180 cm³/mol. The molecule has 12 nitrogen and oxygen atoms in total. The topological polar surface area (TPSA) is 149 Å². The zero-order valence-electron chi connectivity index (χ0n) is 26.2. The number of rotatable bonds is 14. The number of aliphatic hydroxyl groups excluding tert-OH is 1. The van der Waals surface area contributed by atoms with Gasteiger partial charge in [-0.3, -0.25) is 5.43 Å². The second-order valence-electron chi connectivity index (χ2n) is 10.2. The zero-order valence-corrected chi connectivity index (χ0v) is 28.3. The molecule has 0 radical (unpaired) electrons. The third-order valence-electron chi connectivity index (χ3n) is 6.83. The number of hydrogen-bond acceptors (Lipinski definition) is 10. The Bertz CT molecular complexity index is 1630. The largest absolute Gasteiger partial charge is 0.493 e. The summed E-state index contributed by atoms with van der Waals surface area (Å²) in [5.41, 5.74) is 6.85. The van der Waals surface area contributed by atoms with Crippen LogP contribution in [-0.4, -0.2) is 57.0 Å². The van der Waals surface area contributed by atoms with Gasteiger partial charge in [0.2, 0.25) is 0 Å². The normalized spacial score (nSPS) is 15.1. The lowest BCUT2D eigenvalue weighted by Gasteiger charge is -2.28. The van der Waals surface area contributed by atoms with E-state index in [-0.39, 0.29) is 12.2 Å². The maximum atomic E-state index is 12.5. The molecule has 0 unspecified atom stereocenters. The monoisotopic (exact) mass is 744 g/mol. The Morgan fingerprint density at radius 1 is 1.07 bits per heavy atom. The van der Waals surface area contributed by atoms with Crippen molar-refractivity contribution in [1.29, 1.82) is 0 Å². The smallest absolute Gasteiger partial charge is 0.337 e. The fraction of sp³-hybridized carbons (Fsp3) is 0.303. The van der Waals surface area contributed by atoms with Crippen LogP contribution < -0.4 is 35.0 Å². The fourth-order valence-corrected chi connectivity index (χ4v) is 5.51. The summed E-state index contributed by atoms with van der Waals surface area (Å²) < 4.78 is 29.0. The van der Waals surface area contributed by atoms with Crippen LogP contribution in [0.4, 0.5) is 4.79 Å². The van der Waals surface area contributed by atoms with Crippen molar-refractivity contribution in [3.05, 3.63) is 91.7 Å². The quantitative estimate of drug-likeness (QED) is 0.0606. The number of carbonyl (C=O) groups is 2. The maximum absolute atomic E-state index is 12.5. The molecule has 0 spiro atoms. The van der Waals surface area contributed by atoms with Crippen LogP contribution in [0.15, 0.2) is 71.0 Å². The molecule has 1 aliphatic heterocycles. The number of amides is 2. The van der Waals surface area contributed by atoms with E-state index in [1.807, 2.05) is 38.1 Å². The van der Waals surface area contributed by atoms with E-state index in [2.05, 4.69) is 49.8 Å². The Kier molecular flexibility index (Phi) is 12.1. The second-order valence-corrected chi connectivity index (χ2v) is 11.4. The molecule has 1 aliphatic rings. The number of allylic oxidation sites excluding steroid dienone is 1. The third kappa shape index (κ3) is 8.81. The van der Waals surface area contributed by atoms with Crippen molar-refractivity contribution >= 4 is 40.8 Å². The van der Waals surface area contributed by atoms with Crippen LogP contribution in [0.2, 0.25) is 0 Å². The van der Waals surface area contributed by atoms with E-state index < -0.39 is 24.3 Å². The molecule has 1 heterocycles. The summed E-state index contributed by atoms with van der Waals surface area (Å²) in [6, 6.07) is 15.6. The molecule has 0 saturated heterocycles. The van der Waals surface area contributed by atoms with Gasteiger partial charge in [-0.2, -0.15) is 5.10 Å². The highest BCUT2D eigenvalue weighted by atomic mass is 127. The number of halogens is 1. The van der Waals surface area contributed by atoms with Crippen molar-refractivity contribution in [1.82, 2.24) is 16.1 Å². The molecular formula is C33H37IN4O8. The predicted octanol–water partition coefficient (Wildman–Crippen LogP) is 4.71. The molecule has 4 rings (SSSR count). The van der Waals surface area contributed by atoms with E-state index in [9.17, 15) is 14.7 Å².